The van der Waals surface area contributed by atoms with Gasteiger partial charge < -0.3 is 13.6 Å². The minimum atomic E-state index is -0.144. The van der Waals surface area contributed by atoms with Crippen LogP contribution >= 0.6 is 32.1 Å². The van der Waals surface area contributed by atoms with Gasteiger partial charge in [0.05, 0.1) is 16.1 Å². The molecule has 0 unspecified atom stereocenters. The van der Waals surface area contributed by atoms with E-state index in [0.29, 0.717) is 12.8 Å². The van der Waals surface area contributed by atoms with E-state index in [0.717, 1.165) is 54.7 Å². The third kappa shape index (κ3) is 8.23. The number of hydrogen-bond donors (Lipinski definition) is 0. The summed E-state index contributed by atoms with van der Waals surface area (Å²) >= 11 is 6.64. The summed E-state index contributed by atoms with van der Waals surface area (Å²) in [6.45, 7) is 2.00. The first kappa shape index (κ1) is 43.5. The van der Waals surface area contributed by atoms with Gasteiger partial charge in [0, 0.05) is 52.1 Å². The second-order valence-electron chi connectivity index (χ2n) is 17.0. The van der Waals surface area contributed by atoms with Crippen LogP contribution in [0.15, 0.2) is 201 Å². The molecule has 2 aromatic heterocycles. The Labute approximate surface area is 409 Å². The van der Waals surface area contributed by atoms with Crippen molar-refractivity contribution in [2.75, 3.05) is 13.2 Å². The Kier molecular flexibility index (Phi) is 12.1. The molecule has 2 fully saturated rings. The zero-order valence-corrected chi connectivity index (χ0v) is 40.1. The van der Waals surface area contributed by atoms with Crippen molar-refractivity contribution in [1.29, 1.82) is 0 Å². The van der Waals surface area contributed by atoms with E-state index < -0.39 is 0 Å². The second-order valence-corrected chi connectivity index (χ2v) is 18.5. The molecule has 4 heterocycles. The number of carbonyl (C=O) groups is 2. The van der Waals surface area contributed by atoms with Crippen molar-refractivity contribution in [3.63, 3.8) is 0 Å². The Balaban J connectivity index is 0.000000118. The number of ether oxygens (including phenoxy) is 1. The number of halogens is 2. The number of furan rings is 2. The summed E-state index contributed by atoms with van der Waals surface area (Å²) in [7, 11) is 0. The van der Waals surface area contributed by atoms with Gasteiger partial charge in [-0.1, -0.05) is 146 Å². The molecule has 6 nitrogen and oxygen atoms in total. The first-order chi connectivity index (χ1) is 33.4. The van der Waals surface area contributed by atoms with E-state index in [9.17, 15) is 9.59 Å². The largest absolute Gasteiger partial charge is 0.456 e. The van der Waals surface area contributed by atoms with Crippen molar-refractivity contribution >= 4 is 131 Å². The highest BCUT2D eigenvalue weighted by atomic mass is 79.9. The maximum atomic E-state index is 10.4. The fourth-order valence-electron chi connectivity index (χ4n) is 9.53. The number of benzene rings is 10. The monoisotopic (exact) mass is 1020 g/mol. The highest BCUT2D eigenvalue weighted by molar-refractivity contribution is 9.11. The molecule has 8 heteroatoms. The molecule has 10 aromatic carbocycles. The third-order valence-corrected chi connectivity index (χ3v) is 14.4. The van der Waals surface area contributed by atoms with Gasteiger partial charge in [-0.05, 0) is 137 Å². The van der Waals surface area contributed by atoms with Crippen molar-refractivity contribution in [3.05, 3.63) is 193 Å². The summed E-state index contributed by atoms with van der Waals surface area (Å²) < 4.78 is 19.1. The number of fused-ring (bicyclic) bond motifs is 10. The van der Waals surface area contributed by atoms with Crippen molar-refractivity contribution in [3.8, 4) is 22.3 Å². The molecule has 14 rings (SSSR count). The fourth-order valence-corrected chi connectivity index (χ4v) is 10.6. The van der Waals surface area contributed by atoms with Gasteiger partial charge in [-0.2, -0.15) is 0 Å². The first-order valence-electron chi connectivity index (χ1n) is 22.8. The van der Waals surface area contributed by atoms with Gasteiger partial charge in [-0.25, -0.2) is 3.93 Å². The van der Waals surface area contributed by atoms with Crippen molar-refractivity contribution < 1.29 is 23.2 Å². The van der Waals surface area contributed by atoms with Crippen LogP contribution in [0.1, 0.15) is 25.7 Å². The van der Waals surface area contributed by atoms with Crippen molar-refractivity contribution in [1.82, 2.24) is 3.93 Å². The molecule has 2 aliphatic rings. The zero-order chi connectivity index (χ0) is 46.1. The number of rotatable bonds is 2. The predicted molar refractivity (Wildman–Crippen MR) is 286 cm³/mol. The number of hydrogen-bond acceptors (Lipinski definition) is 5. The smallest absolute Gasteiger partial charge is 0.239 e. The molecular weight excluding hydrogens is 974 g/mol. The van der Waals surface area contributed by atoms with Crippen LogP contribution in [-0.2, 0) is 14.3 Å². The maximum Gasteiger partial charge on any atom is 0.239 e. The lowest BCUT2D eigenvalue weighted by molar-refractivity contribution is -0.131. The SMILES string of the molecule is Brc1c2ccccc2c(-c2ccc3oc4ccccc4c3c2)c2ccccc12.C1CCOC1.O=C1CCC(=O)N1Br.c1ccc2c(-c3ccc4oc5ccccc5c4c3)c3ccccc3cc2c1. The standard InChI is InChI=1S/C26H15BrO.C26H16O.C4H4BrNO2.C4H8O/c27-26-20-10-3-1-8-18(20)25(19-9-2-4-11-21(19)26)16-13-14-24-22(15-16)17-7-5-6-12-23(17)28-24;1-3-9-20-17(7-1)15-18-8-2-4-10-21(18)26(20)19-13-14-25-23(16-19)22-11-5-6-12-24(22)27-25;5-6-3(7)1-2-4(6)8;1-2-4-5-3-1/h1-15H;1-16H;1-2H2;1-4H2. The lowest BCUT2D eigenvalue weighted by Crippen LogP contribution is -2.16. The van der Waals surface area contributed by atoms with Gasteiger partial charge in [0.2, 0.25) is 11.8 Å². The molecule has 2 amide bonds. The minimum absolute atomic E-state index is 0.144. The van der Waals surface area contributed by atoms with Crippen LogP contribution in [-0.4, -0.2) is 29.0 Å². The molecule has 0 atom stereocenters. The Hall–Kier alpha value is -7.10. The minimum Gasteiger partial charge on any atom is -0.456 e. The topological polar surface area (TPSA) is 72.9 Å². The van der Waals surface area contributed by atoms with Gasteiger partial charge in [0.1, 0.15) is 22.3 Å². The number of nitrogens with zero attached hydrogens (tertiary/aromatic N) is 1. The molecule has 0 N–H and O–H groups in total. The highest BCUT2D eigenvalue weighted by Crippen LogP contribution is 2.43. The van der Waals surface area contributed by atoms with Crippen LogP contribution in [0, 0.1) is 0 Å². The molecule has 68 heavy (non-hydrogen) atoms. The molecule has 0 radical (unpaired) electrons. The molecular formula is C60H43Br2NO5. The van der Waals surface area contributed by atoms with Gasteiger partial charge >= 0.3 is 0 Å². The third-order valence-electron chi connectivity index (χ3n) is 12.8. The Morgan fingerprint density at radius 1 is 0.382 bits per heavy atom. The lowest BCUT2D eigenvalue weighted by atomic mass is 9.91. The molecule has 332 valence electrons. The van der Waals surface area contributed by atoms with E-state index >= 15 is 0 Å². The molecule has 0 bridgehead atoms. The fraction of sp³-hybridized carbons (Fsp3) is 0.100. The molecule has 0 aliphatic carbocycles. The van der Waals surface area contributed by atoms with E-state index in [1.807, 2.05) is 24.3 Å². The first-order valence-corrected chi connectivity index (χ1v) is 24.3. The summed E-state index contributed by atoms with van der Waals surface area (Å²) in [5.74, 6) is -0.287. The van der Waals surface area contributed by atoms with E-state index in [4.69, 9.17) is 13.6 Å². The number of imide groups is 1. The normalized spacial score (nSPS) is 13.6. The summed E-state index contributed by atoms with van der Waals surface area (Å²) in [6, 6.07) is 66.3. The van der Waals surface area contributed by atoms with Gasteiger partial charge in [0.25, 0.3) is 0 Å². The Morgan fingerprint density at radius 2 is 0.750 bits per heavy atom. The maximum absolute atomic E-state index is 10.4. The van der Waals surface area contributed by atoms with E-state index in [1.165, 1.54) is 89.0 Å². The van der Waals surface area contributed by atoms with Crippen LogP contribution < -0.4 is 0 Å². The number of para-hydroxylation sites is 2. The van der Waals surface area contributed by atoms with Crippen LogP contribution in [0.4, 0.5) is 0 Å². The van der Waals surface area contributed by atoms with E-state index in [1.54, 1.807) is 0 Å². The lowest BCUT2D eigenvalue weighted by Gasteiger charge is -2.14. The Bertz CT molecular complexity index is 3750. The summed E-state index contributed by atoms with van der Waals surface area (Å²) in [5.41, 5.74) is 8.71. The molecule has 2 saturated heterocycles. The van der Waals surface area contributed by atoms with Gasteiger partial charge in [-0.3, -0.25) is 9.59 Å². The molecule has 0 saturated carbocycles. The quantitative estimate of drug-likeness (QED) is 0.0980. The van der Waals surface area contributed by atoms with Crippen molar-refractivity contribution in [2.45, 2.75) is 25.7 Å². The number of amides is 2. The van der Waals surface area contributed by atoms with Crippen LogP contribution in [0.2, 0.25) is 0 Å². The number of carbonyl (C=O) groups excluding carboxylic acids is 2. The average molecular weight is 1020 g/mol. The van der Waals surface area contributed by atoms with Crippen LogP contribution in [0.5, 0.6) is 0 Å². The predicted octanol–water partition coefficient (Wildman–Crippen LogP) is 17.1. The summed E-state index contributed by atoms with van der Waals surface area (Å²) in [5, 5.41) is 14.7. The van der Waals surface area contributed by atoms with Gasteiger partial charge in [-0.15, -0.1) is 0 Å². The average Bonchev–Trinajstić information content (AvgIpc) is 4.22. The highest BCUT2D eigenvalue weighted by Gasteiger charge is 2.26. The zero-order valence-electron chi connectivity index (χ0n) is 36.9. The van der Waals surface area contributed by atoms with E-state index in [-0.39, 0.29) is 11.8 Å². The summed E-state index contributed by atoms with van der Waals surface area (Å²) in [6.07, 6.45) is 3.26. The Morgan fingerprint density at radius 3 is 1.16 bits per heavy atom. The molecule has 2 aliphatic heterocycles. The molecule has 0 spiro atoms. The second kappa shape index (κ2) is 18.9. The molecule has 12 aromatic rings. The van der Waals surface area contributed by atoms with Gasteiger partial charge in [0.15, 0.2) is 0 Å². The van der Waals surface area contributed by atoms with Crippen LogP contribution in [0.25, 0.3) is 109 Å². The van der Waals surface area contributed by atoms with E-state index in [2.05, 4.69) is 196 Å². The van der Waals surface area contributed by atoms with Crippen LogP contribution in [0.3, 0.4) is 0 Å². The summed E-state index contributed by atoms with van der Waals surface area (Å²) in [4.78, 5) is 20.9. The van der Waals surface area contributed by atoms with Crippen molar-refractivity contribution in [2.24, 2.45) is 0 Å².